The largest absolute Gasteiger partial charge is 0.497 e. The number of nitrogens with zero attached hydrogens (tertiary/aromatic N) is 3. The van der Waals surface area contributed by atoms with E-state index in [2.05, 4.69) is 5.32 Å². The summed E-state index contributed by atoms with van der Waals surface area (Å²) in [5, 5.41) is 3.08. The summed E-state index contributed by atoms with van der Waals surface area (Å²) in [4.78, 5) is 28.6. The Kier molecular flexibility index (Phi) is 9.78. The van der Waals surface area contributed by atoms with Crippen LogP contribution in [-0.2, 0) is 26.3 Å². The number of benzene rings is 2. The fraction of sp³-hybridized carbons (Fsp3) is 0.500. The summed E-state index contributed by atoms with van der Waals surface area (Å²) < 4.78 is 34.3. The topological polar surface area (TPSA) is 99.3 Å². The summed E-state index contributed by atoms with van der Waals surface area (Å²) in [6.45, 7) is 5.07. The van der Waals surface area contributed by atoms with Crippen LogP contribution in [0, 0.1) is 13.8 Å². The van der Waals surface area contributed by atoms with Crippen LogP contribution in [0.2, 0.25) is 0 Å². The number of methoxy groups -OCH3 is 1. The van der Waals surface area contributed by atoms with Gasteiger partial charge in [-0.3, -0.25) is 9.59 Å². The molecule has 0 bridgehead atoms. The maximum atomic E-state index is 13.9. The van der Waals surface area contributed by atoms with Gasteiger partial charge in [-0.2, -0.15) is 12.7 Å². The van der Waals surface area contributed by atoms with Crippen LogP contribution in [-0.4, -0.2) is 69.3 Å². The number of amides is 2. The van der Waals surface area contributed by atoms with Crippen molar-refractivity contribution in [3.8, 4) is 5.75 Å². The van der Waals surface area contributed by atoms with Crippen LogP contribution in [0.3, 0.4) is 0 Å². The summed E-state index contributed by atoms with van der Waals surface area (Å²) in [5.41, 5.74) is 2.83. The molecule has 208 valence electrons. The Bertz CT molecular complexity index is 1220. The van der Waals surface area contributed by atoms with E-state index < -0.39 is 28.7 Å². The van der Waals surface area contributed by atoms with Crippen molar-refractivity contribution < 1.29 is 22.7 Å². The first-order valence-electron chi connectivity index (χ1n) is 12.9. The normalized spacial score (nSPS) is 14.8. The molecule has 0 aromatic heterocycles. The Morgan fingerprint density at radius 1 is 1.05 bits per heavy atom. The molecule has 1 unspecified atom stereocenters. The second-order valence-electron chi connectivity index (χ2n) is 10.1. The van der Waals surface area contributed by atoms with Crippen molar-refractivity contribution in [3.63, 3.8) is 0 Å². The van der Waals surface area contributed by atoms with Crippen molar-refractivity contribution >= 4 is 27.7 Å². The van der Waals surface area contributed by atoms with E-state index in [1.165, 1.54) is 19.0 Å². The van der Waals surface area contributed by atoms with E-state index in [1.54, 1.807) is 32.2 Å². The Morgan fingerprint density at radius 3 is 2.26 bits per heavy atom. The fourth-order valence-corrected chi connectivity index (χ4v) is 5.71. The highest BCUT2D eigenvalue weighted by atomic mass is 32.2. The molecule has 0 saturated heterocycles. The summed E-state index contributed by atoms with van der Waals surface area (Å²) in [6, 6.07) is 12.0. The lowest BCUT2D eigenvalue weighted by atomic mass is 10.1. The van der Waals surface area contributed by atoms with Gasteiger partial charge in [0, 0.05) is 26.7 Å². The third-order valence-corrected chi connectivity index (χ3v) is 8.84. The van der Waals surface area contributed by atoms with Crippen LogP contribution in [0.1, 0.15) is 49.3 Å². The Hall–Kier alpha value is -3.11. The lowest BCUT2D eigenvalue weighted by Gasteiger charge is -2.33. The molecular formula is C28H40N4O5S. The van der Waals surface area contributed by atoms with Crippen LogP contribution in [0.25, 0.3) is 0 Å². The first-order valence-corrected chi connectivity index (χ1v) is 14.3. The van der Waals surface area contributed by atoms with Crippen LogP contribution in [0.5, 0.6) is 5.75 Å². The fourth-order valence-electron chi connectivity index (χ4n) is 4.59. The number of hydrogen-bond donors (Lipinski definition) is 1. The van der Waals surface area contributed by atoms with E-state index >= 15 is 0 Å². The van der Waals surface area contributed by atoms with Gasteiger partial charge in [0.25, 0.3) is 0 Å². The zero-order chi connectivity index (χ0) is 28.0. The predicted molar refractivity (Wildman–Crippen MR) is 149 cm³/mol. The van der Waals surface area contributed by atoms with Gasteiger partial charge in [0.1, 0.15) is 18.3 Å². The average Bonchev–Trinajstić information content (AvgIpc) is 3.40. The van der Waals surface area contributed by atoms with Crippen molar-refractivity contribution in [2.75, 3.05) is 32.1 Å². The molecule has 38 heavy (non-hydrogen) atoms. The van der Waals surface area contributed by atoms with Gasteiger partial charge in [-0.05, 0) is 68.5 Å². The van der Waals surface area contributed by atoms with Gasteiger partial charge in [-0.25, -0.2) is 4.31 Å². The zero-order valence-corrected chi connectivity index (χ0v) is 24.0. The number of aryl methyl sites for hydroxylation is 2. The van der Waals surface area contributed by atoms with Crippen molar-refractivity contribution in [2.24, 2.45) is 0 Å². The Balaban J connectivity index is 1.96. The number of anilines is 1. The second-order valence-corrected chi connectivity index (χ2v) is 12.2. The van der Waals surface area contributed by atoms with Crippen LogP contribution < -0.4 is 14.4 Å². The molecule has 1 atom stereocenters. The average molecular weight is 545 g/mol. The molecule has 10 heteroatoms. The number of rotatable bonds is 11. The number of ether oxygens (including phenoxy) is 1. The quantitative estimate of drug-likeness (QED) is 0.468. The van der Waals surface area contributed by atoms with E-state index in [1.807, 2.05) is 38.1 Å². The molecule has 1 aliphatic rings. The molecule has 2 aromatic rings. The second kappa shape index (κ2) is 12.6. The molecule has 0 heterocycles. The van der Waals surface area contributed by atoms with E-state index in [9.17, 15) is 18.0 Å². The summed E-state index contributed by atoms with van der Waals surface area (Å²) in [6.07, 6.45) is 3.99. The minimum atomic E-state index is -4.00. The van der Waals surface area contributed by atoms with E-state index in [4.69, 9.17) is 4.74 Å². The highest BCUT2D eigenvalue weighted by Gasteiger charge is 2.34. The smallest absolute Gasteiger partial charge is 0.304 e. The van der Waals surface area contributed by atoms with Gasteiger partial charge in [0.2, 0.25) is 11.8 Å². The molecule has 1 saturated carbocycles. The zero-order valence-electron chi connectivity index (χ0n) is 23.2. The molecule has 2 amide bonds. The van der Waals surface area contributed by atoms with Gasteiger partial charge >= 0.3 is 10.2 Å². The summed E-state index contributed by atoms with van der Waals surface area (Å²) >= 11 is 0. The molecular weight excluding hydrogens is 504 g/mol. The maximum Gasteiger partial charge on any atom is 0.304 e. The number of carbonyl (C=O) groups is 2. The number of hydrogen-bond acceptors (Lipinski definition) is 5. The first-order chi connectivity index (χ1) is 17.9. The van der Waals surface area contributed by atoms with Gasteiger partial charge in [0.15, 0.2) is 0 Å². The Morgan fingerprint density at radius 2 is 1.68 bits per heavy atom. The monoisotopic (exact) mass is 544 g/mol. The minimum Gasteiger partial charge on any atom is -0.497 e. The Labute approximate surface area is 226 Å². The van der Waals surface area contributed by atoms with E-state index in [0.717, 1.165) is 51.0 Å². The van der Waals surface area contributed by atoms with Crippen molar-refractivity contribution in [2.45, 2.75) is 65.1 Å². The standard InChI is InChI=1S/C28H40N4O5S/c1-20-11-12-21(2)26(17-20)32(38(35,36)30(4)5)19-27(33)31(18-23-13-15-25(37-6)16-14-23)22(3)28(34)29-24-9-7-8-10-24/h11-17,22,24H,7-10,18-19H2,1-6H3,(H,29,34). The van der Waals surface area contributed by atoms with Gasteiger partial charge < -0.3 is 15.0 Å². The third-order valence-electron chi connectivity index (χ3n) is 7.03. The molecule has 0 spiro atoms. The number of carbonyl (C=O) groups excluding carboxylic acids is 2. The number of nitrogens with one attached hydrogen (secondary N) is 1. The van der Waals surface area contributed by atoms with Crippen LogP contribution in [0.4, 0.5) is 5.69 Å². The highest BCUT2D eigenvalue weighted by Crippen LogP contribution is 2.26. The molecule has 3 rings (SSSR count). The molecule has 9 nitrogen and oxygen atoms in total. The molecule has 1 aliphatic carbocycles. The van der Waals surface area contributed by atoms with Crippen molar-refractivity contribution in [1.29, 1.82) is 0 Å². The summed E-state index contributed by atoms with van der Waals surface area (Å²) in [5.74, 6) is -0.0365. The van der Waals surface area contributed by atoms with Crippen molar-refractivity contribution in [1.82, 2.24) is 14.5 Å². The molecule has 0 aliphatic heterocycles. The highest BCUT2D eigenvalue weighted by molar-refractivity contribution is 7.90. The van der Waals surface area contributed by atoms with Gasteiger partial charge in [0.05, 0.1) is 12.8 Å². The first kappa shape index (κ1) is 29.4. The predicted octanol–water partition coefficient (Wildman–Crippen LogP) is 3.40. The van der Waals surface area contributed by atoms with E-state index in [-0.39, 0.29) is 18.5 Å². The van der Waals surface area contributed by atoms with E-state index in [0.29, 0.717) is 11.4 Å². The molecule has 2 aromatic carbocycles. The van der Waals surface area contributed by atoms with Crippen molar-refractivity contribution in [3.05, 3.63) is 59.2 Å². The third kappa shape index (κ3) is 7.05. The summed E-state index contributed by atoms with van der Waals surface area (Å²) in [7, 11) is 0.443. The van der Waals surface area contributed by atoms with Gasteiger partial charge in [-0.15, -0.1) is 0 Å². The molecule has 1 fully saturated rings. The van der Waals surface area contributed by atoms with Crippen LogP contribution >= 0.6 is 0 Å². The van der Waals surface area contributed by atoms with Crippen LogP contribution in [0.15, 0.2) is 42.5 Å². The lowest BCUT2D eigenvalue weighted by molar-refractivity contribution is -0.139. The SMILES string of the molecule is COc1ccc(CN(C(=O)CN(c2cc(C)ccc2C)S(=O)(=O)N(C)C)C(C)C(=O)NC2CCCC2)cc1. The van der Waals surface area contributed by atoms with Gasteiger partial charge in [-0.1, -0.05) is 37.1 Å². The lowest BCUT2D eigenvalue weighted by Crippen LogP contribution is -2.53. The molecule has 1 N–H and O–H groups in total. The maximum absolute atomic E-state index is 13.9. The minimum absolute atomic E-state index is 0.100. The molecule has 0 radical (unpaired) electrons.